The quantitative estimate of drug-likeness (QED) is 0.491. The number of benzene rings is 2. The van der Waals surface area contributed by atoms with Gasteiger partial charge in [-0.25, -0.2) is 9.18 Å². The van der Waals surface area contributed by atoms with Gasteiger partial charge in [-0.2, -0.15) is 0 Å². The first-order valence-corrected chi connectivity index (χ1v) is 9.75. The normalized spacial score (nSPS) is 10.2. The van der Waals surface area contributed by atoms with Crippen LogP contribution < -0.4 is 16.0 Å². The SMILES string of the molecule is O=C(CCCNC(=O)OCc1ccccc1)NCCNC(=O)Cc1cccc(F)c1. The van der Waals surface area contributed by atoms with Gasteiger partial charge in [-0.15, -0.1) is 0 Å². The Balaban J connectivity index is 1.47. The molecular formula is C22H26FN3O4. The lowest BCUT2D eigenvalue weighted by Crippen LogP contribution is -2.35. The number of hydrogen-bond acceptors (Lipinski definition) is 4. The van der Waals surface area contributed by atoms with E-state index >= 15 is 0 Å². The van der Waals surface area contributed by atoms with Crippen molar-refractivity contribution < 1.29 is 23.5 Å². The van der Waals surface area contributed by atoms with Gasteiger partial charge in [-0.05, 0) is 29.7 Å². The Morgan fingerprint density at radius 1 is 0.800 bits per heavy atom. The molecule has 3 N–H and O–H groups in total. The first kappa shape index (κ1) is 22.9. The predicted molar refractivity (Wildman–Crippen MR) is 110 cm³/mol. The monoisotopic (exact) mass is 415 g/mol. The highest BCUT2D eigenvalue weighted by Gasteiger charge is 2.06. The summed E-state index contributed by atoms with van der Waals surface area (Å²) in [5, 5.41) is 7.95. The minimum Gasteiger partial charge on any atom is -0.445 e. The van der Waals surface area contributed by atoms with Crippen LogP contribution in [0.5, 0.6) is 0 Å². The van der Waals surface area contributed by atoms with E-state index in [1.807, 2.05) is 30.3 Å². The number of carbonyl (C=O) groups is 3. The number of halogens is 1. The van der Waals surface area contributed by atoms with Gasteiger partial charge in [0.05, 0.1) is 6.42 Å². The van der Waals surface area contributed by atoms with E-state index in [9.17, 15) is 18.8 Å². The van der Waals surface area contributed by atoms with Gasteiger partial charge in [0.2, 0.25) is 11.8 Å². The van der Waals surface area contributed by atoms with Crippen LogP contribution in [0.4, 0.5) is 9.18 Å². The van der Waals surface area contributed by atoms with Gasteiger partial charge in [0.25, 0.3) is 0 Å². The van der Waals surface area contributed by atoms with Crippen LogP contribution in [0.2, 0.25) is 0 Å². The highest BCUT2D eigenvalue weighted by atomic mass is 19.1. The fraction of sp³-hybridized carbons (Fsp3) is 0.318. The Morgan fingerprint density at radius 3 is 2.23 bits per heavy atom. The standard InChI is InChI=1S/C22H26FN3O4/c23-19-9-4-8-18(14-19)15-21(28)25-13-12-24-20(27)10-5-11-26-22(29)30-16-17-6-2-1-3-7-17/h1-4,6-9,14H,5,10-13,15-16H2,(H,24,27)(H,25,28)(H,26,29). The molecule has 0 saturated heterocycles. The topological polar surface area (TPSA) is 96.5 Å². The molecule has 0 atom stereocenters. The van der Waals surface area contributed by atoms with Crippen LogP contribution in [0.15, 0.2) is 54.6 Å². The molecule has 0 bridgehead atoms. The summed E-state index contributed by atoms with van der Waals surface area (Å²) in [7, 11) is 0. The molecule has 0 fully saturated rings. The summed E-state index contributed by atoms with van der Waals surface area (Å²) in [5.74, 6) is -0.798. The Kier molecular flexibility index (Phi) is 9.85. The molecule has 0 spiro atoms. The average molecular weight is 415 g/mol. The molecule has 0 saturated carbocycles. The molecule has 2 aromatic carbocycles. The number of amides is 3. The highest BCUT2D eigenvalue weighted by Crippen LogP contribution is 2.04. The molecule has 30 heavy (non-hydrogen) atoms. The van der Waals surface area contributed by atoms with Crippen molar-refractivity contribution in [3.63, 3.8) is 0 Å². The molecule has 7 nitrogen and oxygen atoms in total. The molecule has 0 unspecified atom stereocenters. The number of alkyl carbamates (subject to hydrolysis) is 1. The Bertz CT molecular complexity index is 830. The second-order valence-corrected chi connectivity index (χ2v) is 6.60. The van der Waals surface area contributed by atoms with Crippen molar-refractivity contribution in [3.05, 3.63) is 71.5 Å². The van der Waals surface area contributed by atoms with Crippen molar-refractivity contribution >= 4 is 17.9 Å². The van der Waals surface area contributed by atoms with Crippen LogP contribution in [-0.2, 0) is 27.4 Å². The van der Waals surface area contributed by atoms with Gasteiger partial charge in [0.15, 0.2) is 0 Å². The first-order valence-electron chi connectivity index (χ1n) is 9.75. The van der Waals surface area contributed by atoms with Gasteiger partial charge in [0, 0.05) is 26.1 Å². The maximum atomic E-state index is 13.1. The van der Waals surface area contributed by atoms with E-state index in [1.54, 1.807) is 12.1 Å². The molecule has 0 aliphatic carbocycles. The number of hydrogen-bond donors (Lipinski definition) is 3. The third-order valence-electron chi connectivity index (χ3n) is 4.09. The van der Waals surface area contributed by atoms with Crippen molar-refractivity contribution in [3.8, 4) is 0 Å². The zero-order chi connectivity index (χ0) is 21.6. The van der Waals surface area contributed by atoms with Crippen molar-refractivity contribution in [1.29, 1.82) is 0 Å². The van der Waals surface area contributed by atoms with Gasteiger partial charge in [0.1, 0.15) is 12.4 Å². The summed E-state index contributed by atoms with van der Waals surface area (Å²) in [5.41, 5.74) is 1.49. The van der Waals surface area contributed by atoms with Crippen molar-refractivity contribution in [2.24, 2.45) is 0 Å². The molecule has 0 aromatic heterocycles. The lowest BCUT2D eigenvalue weighted by atomic mass is 10.1. The molecule has 3 amide bonds. The van der Waals surface area contributed by atoms with Crippen LogP contribution >= 0.6 is 0 Å². The van der Waals surface area contributed by atoms with Crippen LogP contribution in [0.1, 0.15) is 24.0 Å². The van der Waals surface area contributed by atoms with Gasteiger partial charge >= 0.3 is 6.09 Å². The maximum Gasteiger partial charge on any atom is 0.407 e. The summed E-state index contributed by atoms with van der Waals surface area (Å²) in [4.78, 5) is 35.1. The van der Waals surface area contributed by atoms with Crippen molar-refractivity contribution in [1.82, 2.24) is 16.0 Å². The number of rotatable bonds is 11. The molecule has 0 aliphatic rings. The first-order chi connectivity index (χ1) is 14.5. The largest absolute Gasteiger partial charge is 0.445 e. The minimum absolute atomic E-state index is 0.0811. The second kappa shape index (κ2) is 12.9. The highest BCUT2D eigenvalue weighted by molar-refractivity contribution is 5.79. The molecule has 8 heteroatoms. The van der Waals surface area contributed by atoms with Crippen molar-refractivity contribution in [2.45, 2.75) is 25.9 Å². The second-order valence-electron chi connectivity index (χ2n) is 6.60. The van der Waals surface area contributed by atoms with E-state index in [1.165, 1.54) is 12.1 Å². The summed E-state index contributed by atoms with van der Waals surface area (Å²) in [6.45, 7) is 1.09. The Labute approximate surface area is 175 Å². The van der Waals surface area contributed by atoms with Crippen LogP contribution in [-0.4, -0.2) is 37.5 Å². The molecular weight excluding hydrogens is 389 g/mol. The zero-order valence-electron chi connectivity index (χ0n) is 16.7. The van der Waals surface area contributed by atoms with E-state index in [2.05, 4.69) is 16.0 Å². The van der Waals surface area contributed by atoms with E-state index in [0.717, 1.165) is 5.56 Å². The molecule has 2 rings (SSSR count). The van der Waals surface area contributed by atoms with E-state index < -0.39 is 6.09 Å². The fourth-order valence-corrected chi connectivity index (χ4v) is 2.60. The number of ether oxygens (including phenoxy) is 1. The molecule has 2 aromatic rings. The summed E-state index contributed by atoms with van der Waals surface area (Å²) < 4.78 is 18.2. The van der Waals surface area contributed by atoms with Crippen molar-refractivity contribution in [2.75, 3.05) is 19.6 Å². The summed E-state index contributed by atoms with van der Waals surface area (Å²) in [6.07, 6.45) is 0.270. The Hall–Kier alpha value is -3.42. The van der Waals surface area contributed by atoms with E-state index in [-0.39, 0.29) is 43.6 Å². The molecule has 160 valence electrons. The molecule has 0 aliphatic heterocycles. The van der Waals surface area contributed by atoms with Crippen LogP contribution in [0, 0.1) is 5.82 Å². The van der Waals surface area contributed by atoms with Gasteiger partial charge in [-0.3, -0.25) is 9.59 Å². The maximum absolute atomic E-state index is 13.1. The van der Waals surface area contributed by atoms with E-state index in [0.29, 0.717) is 25.1 Å². The molecule has 0 radical (unpaired) electrons. The third-order valence-corrected chi connectivity index (χ3v) is 4.09. The smallest absolute Gasteiger partial charge is 0.407 e. The summed E-state index contributed by atoms with van der Waals surface area (Å²) in [6, 6.07) is 15.2. The number of carbonyl (C=O) groups excluding carboxylic acids is 3. The van der Waals surface area contributed by atoms with Crippen LogP contribution in [0.3, 0.4) is 0 Å². The lowest BCUT2D eigenvalue weighted by molar-refractivity contribution is -0.122. The number of nitrogens with one attached hydrogen (secondary N) is 3. The van der Waals surface area contributed by atoms with Crippen LogP contribution in [0.25, 0.3) is 0 Å². The van der Waals surface area contributed by atoms with E-state index in [4.69, 9.17) is 4.74 Å². The predicted octanol–water partition coefficient (Wildman–Crippen LogP) is 2.31. The van der Waals surface area contributed by atoms with Gasteiger partial charge < -0.3 is 20.7 Å². The fourth-order valence-electron chi connectivity index (χ4n) is 2.60. The van der Waals surface area contributed by atoms with Gasteiger partial charge in [-0.1, -0.05) is 42.5 Å². The Morgan fingerprint density at radius 2 is 1.50 bits per heavy atom. The lowest BCUT2D eigenvalue weighted by Gasteiger charge is -2.08. The third kappa shape index (κ3) is 9.68. The minimum atomic E-state index is -0.528. The zero-order valence-corrected chi connectivity index (χ0v) is 16.7. The average Bonchev–Trinajstić information content (AvgIpc) is 2.73. The summed E-state index contributed by atoms with van der Waals surface area (Å²) >= 11 is 0. The molecule has 0 heterocycles.